The van der Waals surface area contributed by atoms with E-state index in [1.165, 1.54) is 27.8 Å². The minimum Gasteiger partial charge on any atom is -0.476 e. The van der Waals surface area contributed by atoms with Crippen LogP contribution in [0, 0.1) is 5.92 Å². The van der Waals surface area contributed by atoms with Gasteiger partial charge in [-0.2, -0.15) is 0 Å². The SMILES string of the molecule is CC(C)C(C)N(C)C(=O)OCC(C)(C)SSc1nc(C(=O)O)cn1C. The van der Waals surface area contributed by atoms with E-state index in [4.69, 9.17) is 9.84 Å². The lowest BCUT2D eigenvalue weighted by Crippen LogP contribution is -2.40. The number of nitrogens with zero attached hydrogens (tertiary/aromatic N) is 3. The molecule has 1 aromatic rings. The van der Waals surface area contributed by atoms with Gasteiger partial charge in [-0.3, -0.25) is 0 Å². The Hall–Kier alpha value is -1.35. The maximum absolute atomic E-state index is 12.1. The number of carbonyl (C=O) groups excluding carboxylic acids is 1. The topological polar surface area (TPSA) is 84.7 Å². The summed E-state index contributed by atoms with van der Waals surface area (Å²) in [7, 11) is 6.33. The first kappa shape index (κ1) is 21.7. The molecule has 1 rings (SSSR count). The highest BCUT2D eigenvalue weighted by molar-refractivity contribution is 8.77. The average molecular weight is 390 g/mol. The number of carbonyl (C=O) groups is 2. The molecule has 0 radical (unpaired) electrons. The molecule has 9 heteroatoms. The van der Waals surface area contributed by atoms with Crippen molar-refractivity contribution in [3.8, 4) is 0 Å². The van der Waals surface area contributed by atoms with Crippen LogP contribution in [0.5, 0.6) is 0 Å². The molecule has 0 aliphatic carbocycles. The van der Waals surface area contributed by atoms with Gasteiger partial charge in [-0.1, -0.05) is 24.6 Å². The molecule has 0 aromatic carbocycles. The third-order valence-electron chi connectivity index (χ3n) is 3.80. The number of carboxylic acid groups (broad SMARTS) is 1. The van der Waals surface area contributed by atoms with Gasteiger partial charge in [0.2, 0.25) is 0 Å². The molecule has 0 aliphatic heterocycles. The van der Waals surface area contributed by atoms with E-state index in [9.17, 15) is 9.59 Å². The van der Waals surface area contributed by atoms with E-state index in [0.29, 0.717) is 11.1 Å². The Bertz CT molecular complexity index is 617. The van der Waals surface area contributed by atoms with Crippen LogP contribution in [0.25, 0.3) is 0 Å². The molecular formula is C16H27N3O4S2. The Labute approximate surface area is 156 Å². The molecule has 1 unspecified atom stereocenters. The van der Waals surface area contributed by atoms with Crippen LogP contribution in [-0.4, -0.2) is 56.1 Å². The molecular weight excluding hydrogens is 362 g/mol. The monoisotopic (exact) mass is 389 g/mol. The molecule has 0 saturated carbocycles. The van der Waals surface area contributed by atoms with Crippen molar-refractivity contribution < 1.29 is 19.4 Å². The number of carboxylic acids is 1. The van der Waals surface area contributed by atoms with E-state index >= 15 is 0 Å². The number of amides is 1. The summed E-state index contributed by atoms with van der Waals surface area (Å²) < 4.78 is 6.75. The first-order chi connectivity index (χ1) is 11.4. The van der Waals surface area contributed by atoms with Crippen LogP contribution in [0.3, 0.4) is 0 Å². The zero-order chi connectivity index (χ0) is 19.4. The first-order valence-electron chi connectivity index (χ1n) is 7.96. The molecule has 25 heavy (non-hydrogen) atoms. The van der Waals surface area contributed by atoms with Crippen LogP contribution in [0.4, 0.5) is 4.79 Å². The highest BCUT2D eigenvalue weighted by atomic mass is 33.1. The van der Waals surface area contributed by atoms with Crippen LogP contribution < -0.4 is 0 Å². The zero-order valence-electron chi connectivity index (χ0n) is 15.8. The molecule has 0 bridgehead atoms. The predicted molar refractivity (Wildman–Crippen MR) is 101 cm³/mol. The van der Waals surface area contributed by atoms with Crippen LogP contribution in [0.15, 0.2) is 11.4 Å². The van der Waals surface area contributed by atoms with Gasteiger partial charge >= 0.3 is 12.1 Å². The lowest BCUT2D eigenvalue weighted by atomic mass is 10.1. The summed E-state index contributed by atoms with van der Waals surface area (Å²) in [6.07, 6.45) is 1.13. The van der Waals surface area contributed by atoms with Crippen molar-refractivity contribution in [2.45, 2.75) is 50.6 Å². The first-order valence-corrected chi connectivity index (χ1v) is 10.1. The second kappa shape index (κ2) is 8.84. The Morgan fingerprint density at radius 1 is 1.40 bits per heavy atom. The van der Waals surface area contributed by atoms with Gasteiger partial charge in [0.05, 0.1) is 4.75 Å². The summed E-state index contributed by atoms with van der Waals surface area (Å²) in [6.45, 7) is 10.3. The number of aryl methyl sites for hydroxylation is 1. The van der Waals surface area contributed by atoms with E-state index in [0.717, 1.165) is 0 Å². The number of rotatable bonds is 8. The summed E-state index contributed by atoms with van der Waals surface area (Å²) in [5.74, 6) is -0.703. The fourth-order valence-electron chi connectivity index (χ4n) is 1.75. The molecule has 0 saturated heterocycles. The molecule has 0 fully saturated rings. The number of aromatic carboxylic acids is 1. The fraction of sp³-hybridized carbons (Fsp3) is 0.688. The van der Waals surface area contributed by atoms with Crippen LogP contribution >= 0.6 is 21.6 Å². The van der Waals surface area contributed by atoms with Crippen molar-refractivity contribution in [3.63, 3.8) is 0 Å². The van der Waals surface area contributed by atoms with Crippen LogP contribution in [-0.2, 0) is 11.8 Å². The van der Waals surface area contributed by atoms with Crippen molar-refractivity contribution >= 4 is 33.7 Å². The van der Waals surface area contributed by atoms with Crippen LogP contribution in [0.1, 0.15) is 45.1 Å². The predicted octanol–water partition coefficient (Wildman–Crippen LogP) is 3.75. The van der Waals surface area contributed by atoms with E-state index in [1.807, 2.05) is 20.8 Å². The quantitative estimate of drug-likeness (QED) is 0.678. The third kappa shape index (κ3) is 6.47. The Balaban J connectivity index is 2.56. The summed E-state index contributed by atoms with van der Waals surface area (Å²) in [5, 5.41) is 9.57. The van der Waals surface area contributed by atoms with Gasteiger partial charge in [0.25, 0.3) is 0 Å². The summed E-state index contributed by atoms with van der Waals surface area (Å²) in [5.41, 5.74) is 0.0131. The molecule has 1 atom stereocenters. The van der Waals surface area contributed by atoms with E-state index in [1.54, 1.807) is 23.6 Å². The lowest BCUT2D eigenvalue weighted by Gasteiger charge is -2.29. The highest BCUT2D eigenvalue weighted by Gasteiger charge is 2.26. The van der Waals surface area contributed by atoms with E-state index in [2.05, 4.69) is 18.8 Å². The Kier molecular flexibility index (Phi) is 7.67. The van der Waals surface area contributed by atoms with Gasteiger partial charge in [-0.15, -0.1) is 0 Å². The largest absolute Gasteiger partial charge is 0.476 e. The fourth-order valence-corrected chi connectivity index (χ4v) is 3.98. The third-order valence-corrected chi connectivity index (χ3v) is 7.03. The minimum absolute atomic E-state index is 0.0131. The molecule has 0 spiro atoms. The van der Waals surface area contributed by atoms with Gasteiger partial charge in [0, 0.05) is 26.3 Å². The normalized spacial score (nSPS) is 13.0. The minimum atomic E-state index is -1.05. The summed E-state index contributed by atoms with van der Waals surface area (Å²) >= 11 is 0. The lowest BCUT2D eigenvalue weighted by molar-refractivity contribution is 0.0690. The van der Waals surface area contributed by atoms with Crippen LogP contribution in [0.2, 0.25) is 0 Å². The molecule has 1 heterocycles. The Morgan fingerprint density at radius 2 is 2.00 bits per heavy atom. The molecule has 1 N–H and O–H groups in total. The van der Waals surface area contributed by atoms with E-state index in [-0.39, 0.29) is 29.2 Å². The standard InChI is InChI=1S/C16H27N3O4S2/c1-10(2)11(3)19(7)15(22)23-9-16(4,5)25-24-14-17-12(13(20)21)8-18(14)6/h8,10-11H,9H2,1-7H3,(H,20,21). The summed E-state index contributed by atoms with van der Waals surface area (Å²) in [4.78, 5) is 28.8. The molecule has 142 valence electrons. The van der Waals surface area contributed by atoms with Crippen molar-refractivity contribution in [1.29, 1.82) is 0 Å². The van der Waals surface area contributed by atoms with E-state index < -0.39 is 5.97 Å². The van der Waals surface area contributed by atoms with Crippen molar-refractivity contribution in [1.82, 2.24) is 14.5 Å². The number of hydrogen-bond acceptors (Lipinski definition) is 6. The van der Waals surface area contributed by atoms with Crippen molar-refractivity contribution in [2.24, 2.45) is 13.0 Å². The average Bonchev–Trinajstić information content (AvgIpc) is 2.90. The summed E-state index contributed by atoms with van der Waals surface area (Å²) in [6, 6.07) is 0.0969. The molecule has 7 nitrogen and oxygen atoms in total. The highest BCUT2D eigenvalue weighted by Crippen LogP contribution is 2.40. The smallest absolute Gasteiger partial charge is 0.409 e. The second-order valence-corrected chi connectivity index (χ2v) is 9.70. The van der Waals surface area contributed by atoms with Gasteiger partial charge in [0.15, 0.2) is 10.9 Å². The molecule has 1 amide bonds. The van der Waals surface area contributed by atoms with Gasteiger partial charge in [-0.05, 0) is 37.5 Å². The zero-order valence-corrected chi connectivity index (χ0v) is 17.4. The number of imidazole rings is 1. The maximum Gasteiger partial charge on any atom is 0.409 e. The maximum atomic E-state index is 12.1. The van der Waals surface area contributed by atoms with Gasteiger partial charge < -0.3 is 19.3 Å². The number of hydrogen-bond donors (Lipinski definition) is 1. The Morgan fingerprint density at radius 3 is 2.48 bits per heavy atom. The second-order valence-electron chi connectivity index (χ2n) is 6.90. The van der Waals surface area contributed by atoms with Crippen molar-refractivity contribution in [2.75, 3.05) is 13.7 Å². The molecule has 0 aliphatic rings. The van der Waals surface area contributed by atoms with Crippen molar-refractivity contribution in [3.05, 3.63) is 11.9 Å². The molecule has 1 aromatic heterocycles. The van der Waals surface area contributed by atoms with Gasteiger partial charge in [0.1, 0.15) is 6.61 Å². The van der Waals surface area contributed by atoms with Gasteiger partial charge in [-0.25, -0.2) is 14.6 Å². The number of ether oxygens (including phenoxy) is 1. The number of aromatic nitrogens is 2.